The molecule has 1 heterocycles. The Kier molecular flexibility index (Phi) is 5.35. The summed E-state index contributed by atoms with van der Waals surface area (Å²) in [6, 6.07) is 2.05. The molecule has 0 aliphatic carbocycles. The van der Waals surface area contributed by atoms with E-state index < -0.39 is 0 Å². The van der Waals surface area contributed by atoms with E-state index in [2.05, 4.69) is 27.9 Å². The van der Waals surface area contributed by atoms with Crippen LogP contribution in [0.4, 0.5) is 0 Å². The fraction of sp³-hybridized carbons (Fsp3) is 0.400. The smallest absolute Gasteiger partial charge is 0.0820 e. The predicted molar refractivity (Wildman–Crippen MR) is 61.1 cm³/mol. The summed E-state index contributed by atoms with van der Waals surface area (Å²) >= 11 is 5.18. The first-order valence-electron chi connectivity index (χ1n) is 4.25. The topological polar surface area (TPSA) is 9.23 Å². The van der Waals surface area contributed by atoms with Crippen LogP contribution in [0.25, 0.3) is 0 Å². The first kappa shape index (κ1) is 11.0. The zero-order valence-electron chi connectivity index (χ0n) is 7.46. The first-order chi connectivity index (χ1) is 6.34. The Hall–Kier alpha value is -0.120. The van der Waals surface area contributed by atoms with Crippen LogP contribution in [-0.2, 0) is 11.3 Å². The lowest BCUT2D eigenvalue weighted by Crippen LogP contribution is -1.93. The second kappa shape index (κ2) is 6.35. The number of rotatable bonds is 6. The highest BCUT2D eigenvalue weighted by atomic mass is 79.9. The average Bonchev–Trinajstić information content (AvgIpc) is 2.52. The molecule has 0 spiro atoms. The normalized spacial score (nSPS) is 10.2. The minimum absolute atomic E-state index is 0.718. The van der Waals surface area contributed by atoms with Crippen LogP contribution in [0.2, 0.25) is 0 Å². The first-order valence-corrected chi connectivity index (χ1v) is 5.92. The van der Waals surface area contributed by atoms with Gasteiger partial charge in [-0.3, -0.25) is 0 Å². The highest BCUT2D eigenvalue weighted by Crippen LogP contribution is 2.23. The highest BCUT2D eigenvalue weighted by molar-refractivity contribution is 9.10. The van der Waals surface area contributed by atoms with Crippen LogP contribution in [0.3, 0.4) is 0 Å². The third-order valence-corrected chi connectivity index (χ3v) is 3.52. The summed E-state index contributed by atoms with van der Waals surface area (Å²) in [6.45, 7) is 5.19. The fourth-order valence-electron chi connectivity index (χ4n) is 0.923. The molecule has 1 aromatic rings. The largest absolute Gasteiger partial charge is 0.376 e. The van der Waals surface area contributed by atoms with Gasteiger partial charge in [0, 0.05) is 16.0 Å². The number of halogens is 1. The highest BCUT2D eigenvalue weighted by Gasteiger charge is 1.99. The lowest BCUT2D eigenvalue weighted by molar-refractivity contribution is 0.121. The van der Waals surface area contributed by atoms with Crippen molar-refractivity contribution in [1.29, 1.82) is 0 Å². The molecule has 0 unspecified atom stereocenters. The van der Waals surface area contributed by atoms with Gasteiger partial charge in [0.05, 0.1) is 6.61 Å². The van der Waals surface area contributed by atoms with Crippen molar-refractivity contribution < 1.29 is 4.74 Å². The molecule has 0 aromatic carbocycles. The van der Waals surface area contributed by atoms with E-state index >= 15 is 0 Å². The van der Waals surface area contributed by atoms with Gasteiger partial charge in [0.2, 0.25) is 0 Å². The van der Waals surface area contributed by atoms with Crippen molar-refractivity contribution in [1.82, 2.24) is 0 Å². The number of unbranched alkanes of at least 4 members (excludes halogenated alkanes) is 1. The maximum absolute atomic E-state index is 5.49. The molecule has 0 saturated heterocycles. The maximum atomic E-state index is 5.49. The van der Waals surface area contributed by atoms with Gasteiger partial charge in [0.25, 0.3) is 0 Å². The molecule has 0 fully saturated rings. The molecule has 0 aliphatic heterocycles. The van der Waals surface area contributed by atoms with Crippen LogP contribution in [0.5, 0.6) is 0 Å². The predicted octanol–water partition coefficient (Wildman–Crippen LogP) is 3.99. The summed E-state index contributed by atoms with van der Waals surface area (Å²) in [5.74, 6) is 0. The molecule has 0 radical (unpaired) electrons. The van der Waals surface area contributed by atoms with E-state index in [-0.39, 0.29) is 0 Å². The molecule has 0 atom stereocenters. The molecule has 0 aliphatic rings. The molecule has 1 nitrogen and oxygen atoms in total. The zero-order valence-corrected chi connectivity index (χ0v) is 9.86. The monoisotopic (exact) mass is 260 g/mol. The number of thiophene rings is 1. The van der Waals surface area contributed by atoms with Crippen molar-refractivity contribution in [2.24, 2.45) is 0 Å². The van der Waals surface area contributed by atoms with Gasteiger partial charge in [0.1, 0.15) is 0 Å². The van der Waals surface area contributed by atoms with Crippen molar-refractivity contribution in [3.8, 4) is 0 Å². The van der Waals surface area contributed by atoms with Crippen molar-refractivity contribution in [2.75, 3.05) is 6.61 Å². The summed E-state index contributed by atoms with van der Waals surface area (Å²) in [5, 5.41) is 2.06. The molecular weight excluding hydrogens is 248 g/mol. The average molecular weight is 261 g/mol. The molecule has 3 heteroatoms. The summed E-state index contributed by atoms with van der Waals surface area (Å²) in [6.07, 6.45) is 4.02. The number of hydrogen-bond acceptors (Lipinski definition) is 2. The van der Waals surface area contributed by atoms with Crippen molar-refractivity contribution in [2.45, 2.75) is 19.4 Å². The van der Waals surface area contributed by atoms with Gasteiger partial charge in [-0.1, -0.05) is 6.08 Å². The Labute approximate surface area is 91.6 Å². The van der Waals surface area contributed by atoms with Crippen LogP contribution in [0, 0.1) is 0 Å². The van der Waals surface area contributed by atoms with Crippen molar-refractivity contribution >= 4 is 27.3 Å². The van der Waals surface area contributed by atoms with E-state index in [0.29, 0.717) is 0 Å². The van der Waals surface area contributed by atoms with Crippen LogP contribution in [0.1, 0.15) is 17.7 Å². The number of hydrogen-bond donors (Lipinski definition) is 0. The Morgan fingerprint density at radius 1 is 1.62 bits per heavy atom. The van der Waals surface area contributed by atoms with E-state index in [1.54, 1.807) is 11.3 Å². The van der Waals surface area contributed by atoms with E-state index in [0.717, 1.165) is 30.5 Å². The van der Waals surface area contributed by atoms with E-state index in [4.69, 9.17) is 4.74 Å². The van der Waals surface area contributed by atoms with Gasteiger partial charge in [-0.05, 0) is 40.2 Å². The molecule has 13 heavy (non-hydrogen) atoms. The van der Waals surface area contributed by atoms with Gasteiger partial charge in [-0.2, -0.15) is 0 Å². The molecule has 72 valence electrons. The van der Waals surface area contributed by atoms with Gasteiger partial charge < -0.3 is 4.74 Å². The fourth-order valence-corrected chi connectivity index (χ4v) is 2.33. The Balaban J connectivity index is 2.13. The second-order valence-electron chi connectivity index (χ2n) is 2.68. The summed E-state index contributed by atoms with van der Waals surface area (Å²) < 4.78 is 6.65. The van der Waals surface area contributed by atoms with Gasteiger partial charge in [0.15, 0.2) is 0 Å². The van der Waals surface area contributed by atoms with E-state index in [1.807, 2.05) is 12.1 Å². The number of allylic oxidation sites excluding steroid dienone is 1. The standard InChI is InChI=1S/C10H13BrOS/c1-2-3-4-6-12-8-10-9(11)5-7-13-10/h2,5,7H,1,3-4,6,8H2. The third kappa shape index (κ3) is 4.07. The zero-order chi connectivity index (χ0) is 9.52. The Morgan fingerprint density at radius 2 is 2.46 bits per heavy atom. The molecular formula is C10H13BrOS. The molecule has 0 N–H and O–H groups in total. The summed E-state index contributed by atoms with van der Waals surface area (Å²) in [4.78, 5) is 1.26. The number of ether oxygens (including phenoxy) is 1. The van der Waals surface area contributed by atoms with Crippen LogP contribution < -0.4 is 0 Å². The van der Waals surface area contributed by atoms with E-state index in [1.165, 1.54) is 4.88 Å². The van der Waals surface area contributed by atoms with Crippen molar-refractivity contribution in [3.63, 3.8) is 0 Å². The SMILES string of the molecule is C=CCCCOCc1sccc1Br. The molecule has 0 amide bonds. The molecule has 0 saturated carbocycles. The van der Waals surface area contributed by atoms with E-state index in [9.17, 15) is 0 Å². The van der Waals surface area contributed by atoms with Crippen molar-refractivity contribution in [3.05, 3.63) is 33.5 Å². The minimum Gasteiger partial charge on any atom is -0.376 e. The summed E-state index contributed by atoms with van der Waals surface area (Å²) in [5.41, 5.74) is 0. The molecule has 0 bridgehead atoms. The van der Waals surface area contributed by atoms with Gasteiger partial charge in [-0.15, -0.1) is 17.9 Å². The Morgan fingerprint density at radius 3 is 3.08 bits per heavy atom. The second-order valence-corrected chi connectivity index (χ2v) is 4.53. The quantitative estimate of drug-likeness (QED) is 0.555. The van der Waals surface area contributed by atoms with Gasteiger partial charge in [-0.25, -0.2) is 0 Å². The molecule has 1 rings (SSSR count). The maximum Gasteiger partial charge on any atom is 0.0820 e. The lowest BCUT2D eigenvalue weighted by Gasteiger charge is -2.01. The molecule has 1 aromatic heterocycles. The lowest BCUT2D eigenvalue weighted by atomic mass is 10.3. The van der Waals surface area contributed by atoms with Crippen LogP contribution >= 0.6 is 27.3 Å². The third-order valence-electron chi connectivity index (χ3n) is 1.62. The minimum atomic E-state index is 0.718. The van der Waals surface area contributed by atoms with Crippen LogP contribution in [0.15, 0.2) is 28.6 Å². The Bertz CT molecular complexity index is 257. The van der Waals surface area contributed by atoms with Crippen LogP contribution in [-0.4, -0.2) is 6.61 Å². The van der Waals surface area contributed by atoms with Gasteiger partial charge >= 0.3 is 0 Å². The summed E-state index contributed by atoms with van der Waals surface area (Å²) in [7, 11) is 0.